The number of aromatic nitrogens is 1. The van der Waals surface area contributed by atoms with E-state index in [-0.39, 0.29) is 5.56 Å². The first kappa shape index (κ1) is 18.8. The van der Waals surface area contributed by atoms with Crippen LogP contribution in [0.4, 0.5) is 18.9 Å². The molecule has 0 aliphatic heterocycles. The first-order valence-corrected chi connectivity index (χ1v) is 8.95. The Bertz CT molecular complexity index is 949. The number of hydrogen-bond acceptors (Lipinski definition) is 3. The molecule has 1 heterocycles. The fourth-order valence-electron chi connectivity index (χ4n) is 2.81. The van der Waals surface area contributed by atoms with E-state index in [0.717, 1.165) is 26.2 Å². The Balaban J connectivity index is 1.99. The van der Waals surface area contributed by atoms with E-state index in [9.17, 15) is 13.2 Å². The van der Waals surface area contributed by atoms with Gasteiger partial charge >= 0.3 is 0 Å². The van der Waals surface area contributed by atoms with Crippen LogP contribution in [0.1, 0.15) is 30.5 Å². The lowest BCUT2D eigenvalue weighted by atomic mass is 10.0. The van der Waals surface area contributed by atoms with E-state index < -0.39 is 23.8 Å². The number of rotatable bonds is 5. The monoisotopic (exact) mass is 472 g/mol. The zero-order chi connectivity index (χ0) is 18.8. The molecule has 0 unspecified atom stereocenters. The Hall–Kier alpha value is -2.03. The first-order valence-electron chi connectivity index (χ1n) is 7.87. The van der Waals surface area contributed by atoms with E-state index >= 15 is 0 Å². The minimum absolute atomic E-state index is 0.191. The molecular formula is C19H16F3IN2O. The molecule has 0 aliphatic rings. The average Bonchev–Trinajstić information content (AvgIpc) is 2.61. The third kappa shape index (κ3) is 3.58. The van der Waals surface area contributed by atoms with Crippen molar-refractivity contribution in [3.05, 3.63) is 63.1 Å². The summed E-state index contributed by atoms with van der Waals surface area (Å²) in [6, 6.07) is 9.07. The van der Waals surface area contributed by atoms with Gasteiger partial charge in [-0.25, -0.2) is 13.2 Å². The number of pyridine rings is 1. The topological polar surface area (TPSA) is 34.1 Å². The van der Waals surface area contributed by atoms with Crippen molar-refractivity contribution in [3.63, 3.8) is 0 Å². The van der Waals surface area contributed by atoms with E-state index in [2.05, 4.69) is 32.9 Å². The number of fused-ring (bicyclic) bond motifs is 1. The molecule has 3 nitrogen and oxygen atoms in total. The normalized spacial score (nSPS) is 12.4. The predicted molar refractivity (Wildman–Crippen MR) is 104 cm³/mol. The van der Waals surface area contributed by atoms with Gasteiger partial charge in [0.1, 0.15) is 11.6 Å². The highest BCUT2D eigenvalue weighted by molar-refractivity contribution is 14.1. The highest BCUT2D eigenvalue weighted by Gasteiger charge is 2.20. The maximum Gasteiger partial charge on any atom is 0.266 e. The molecule has 0 radical (unpaired) electrons. The third-order valence-electron chi connectivity index (χ3n) is 4.15. The molecule has 0 spiro atoms. The minimum Gasteiger partial charge on any atom is -0.496 e. The van der Waals surface area contributed by atoms with Crippen LogP contribution in [0.15, 0.2) is 42.6 Å². The van der Waals surface area contributed by atoms with Crippen molar-refractivity contribution >= 4 is 39.2 Å². The van der Waals surface area contributed by atoms with Crippen LogP contribution in [0.5, 0.6) is 5.75 Å². The minimum atomic E-state index is -2.85. The van der Waals surface area contributed by atoms with E-state index in [4.69, 9.17) is 4.74 Å². The zero-order valence-corrected chi connectivity index (χ0v) is 16.2. The van der Waals surface area contributed by atoms with Crippen LogP contribution in [-0.2, 0) is 0 Å². The molecule has 0 bridgehead atoms. The van der Waals surface area contributed by atoms with E-state index in [0.29, 0.717) is 5.75 Å². The Kier molecular flexibility index (Phi) is 5.55. The van der Waals surface area contributed by atoms with Crippen molar-refractivity contribution in [3.8, 4) is 5.75 Å². The molecule has 0 saturated carbocycles. The number of benzene rings is 2. The van der Waals surface area contributed by atoms with E-state index in [1.807, 2.05) is 12.1 Å². The molecule has 1 N–H and O–H groups in total. The molecule has 3 aromatic rings. The highest BCUT2D eigenvalue weighted by Crippen LogP contribution is 2.33. The number of nitrogens with zero attached hydrogens (tertiary/aromatic N) is 1. The Morgan fingerprint density at radius 2 is 1.88 bits per heavy atom. The fourth-order valence-corrected chi connectivity index (χ4v) is 3.50. The van der Waals surface area contributed by atoms with Gasteiger partial charge in [-0.3, -0.25) is 4.98 Å². The first-order chi connectivity index (χ1) is 12.4. The van der Waals surface area contributed by atoms with Crippen LogP contribution in [-0.4, -0.2) is 12.1 Å². The maximum absolute atomic E-state index is 14.4. The average molecular weight is 472 g/mol. The van der Waals surface area contributed by atoms with Gasteiger partial charge < -0.3 is 10.1 Å². The molecule has 0 fully saturated rings. The third-order valence-corrected chi connectivity index (χ3v) is 4.99. The molecular weight excluding hydrogens is 456 g/mol. The van der Waals surface area contributed by atoms with Crippen molar-refractivity contribution < 1.29 is 17.9 Å². The number of ether oxygens (including phenoxy) is 1. The molecule has 7 heteroatoms. The summed E-state index contributed by atoms with van der Waals surface area (Å²) in [4.78, 5) is 4.33. The summed E-state index contributed by atoms with van der Waals surface area (Å²) in [7, 11) is 1.59. The number of nitrogens with one attached hydrogen (secondary N) is 1. The van der Waals surface area contributed by atoms with Gasteiger partial charge in [-0.05, 0) is 41.6 Å². The zero-order valence-electron chi connectivity index (χ0n) is 14.1. The second kappa shape index (κ2) is 7.69. The lowest BCUT2D eigenvalue weighted by molar-refractivity contribution is 0.146. The van der Waals surface area contributed by atoms with Crippen LogP contribution < -0.4 is 10.1 Å². The SMILES string of the molecule is COc1cc2nccc(N[C@H](C)c3cccc(C(F)F)c3F)c2cc1I. The molecule has 0 saturated heterocycles. The van der Waals surface area contributed by atoms with Crippen molar-refractivity contribution in [1.29, 1.82) is 0 Å². The van der Waals surface area contributed by atoms with Gasteiger partial charge in [0.05, 0.1) is 27.8 Å². The number of methoxy groups -OCH3 is 1. The number of anilines is 1. The Morgan fingerprint density at radius 3 is 2.58 bits per heavy atom. The number of halogens is 4. The lowest BCUT2D eigenvalue weighted by Gasteiger charge is -2.19. The van der Waals surface area contributed by atoms with Gasteiger partial charge in [0.15, 0.2) is 0 Å². The van der Waals surface area contributed by atoms with Crippen LogP contribution >= 0.6 is 22.6 Å². The van der Waals surface area contributed by atoms with Crippen LogP contribution in [0.2, 0.25) is 0 Å². The summed E-state index contributed by atoms with van der Waals surface area (Å²) in [6.45, 7) is 1.73. The van der Waals surface area contributed by atoms with Crippen molar-refractivity contribution in [1.82, 2.24) is 4.98 Å². The fraction of sp³-hybridized carbons (Fsp3) is 0.211. The quantitative estimate of drug-likeness (QED) is 0.456. The molecule has 0 aliphatic carbocycles. The van der Waals surface area contributed by atoms with Crippen LogP contribution in [0.3, 0.4) is 0 Å². The number of alkyl halides is 2. The van der Waals surface area contributed by atoms with Crippen molar-refractivity contribution in [2.24, 2.45) is 0 Å². The van der Waals surface area contributed by atoms with Gasteiger partial charge in [0.2, 0.25) is 0 Å². The van der Waals surface area contributed by atoms with Crippen LogP contribution in [0.25, 0.3) is 10.9 Å². The lowest BCUT2D eigenvalue weighted by Crippen LogP contribution is -2.10. The molecule has 0 amide bonds. The molecule has 1 atom stereocenters. The summed E-state index contributed by atoms with van der Waals surface area (Å²) in [5.41, 5.74) is 1.07. The Labute approximate surface area is 162 Å². The van der Waals surface area contributed by atoms with Gasteiger partial charge in [-0.2, -0.15) is 0 Å². The van der Waals surface area contributed by atoms with Crippen LogP contribution in [0, 0.1) is 9.39 Å². The number of hydrogen-bond donors (Lipinski definition) is 1. The molecule has 2 aromatic carbocycles. The smallest absolute Gasteiger partial charge is 0.266 e. The second-order valence-corrected chi connectivity index (χ2v) is 6.94. The second-order valence-electron chi connectivity index (χ2n) is 5.78. The highest BCUT2D eigenvalue weighted by atomic mass is 127. The summed E-state index contributed by atoms with van der Waals surface area (Å²) >= 11 is 2.16. The molecule has 1 aromatic heterocycles. The van der Waals surface area contributed by atoms with Gasteiger partial charge in [0.25, 0.3) is 6.43 Å². The standard InChI is InChI=1S/C19H16F3IN2O/c1-10(11-4-3-5-12(18(11)20)19(21)22)25-15-6-7-24-16-9-17(26-2)14(23)8-13(15)16/h3-10,19H,1-2H3,(H,24,25)/t10-/m1/s1. The van der Waals surface area contributed by atoms with Crippen molar-refractivity contribution in [2.45, 2.75) is 19.4 Å². The van der Waals surface area contributed by atoms with Gasteiger partial charge in [-0.1, -0.05) is 18.2 Å². The van der Waals surface area contributed by atoms with Gasteiger partial charge in [-0.15, -0.1) is 0 Å². The molecule has 136 valence electrons. The van der Waals surface area contributed by atoms with E-state index in [1.54, 1.807) is 26.3 Å². The van der Waals surface area contributed by atoms with E-state index in [1.165, 1.54) is 12.1 Å². The summed E-state index contributed by atoms with van der Waals surface area (Å²) in [6.07, 6.45) is -1.21. The summed E-state index contributed by atoms with van der Waals surface area (Å²) < 4.78 is 46.5. The molecule has 26 heavy (non-hydrogen) atoms. The Morgan fingerprint density at radius 1 is 1.15 bits per heavy atom. The summed E-state index contributed by atoms with van der Waals surface area (Å²) in [5.74, 6) is -0.163. The largest absolute Gasteiger partial charge is 0.496 e. The summed E-state index contributed by atoms with van der Waals surface area (Å²) in [5, 5.41) is 4.05. The maximum atomic E-state index is 14.4. The predicted octanol–water partition coefficient (Wildman–Crippen LogP) is 6.10. The molecule has 3 rings (SSSR count). The van der Waals surface area contributed by atoms with Gasteiger partial charge in [0, 0.05) is 28.9 Å². The van der Waals surface area contributed by atoms with Crippen molar-refractivity contribution in [2.75, 3.05) is 12.4 Å².